The summed E-state index contributed by atoms with van der Waals surface area (Å²) >= 11 is 0. The molecular formula is C20H44KNO9SSi. The second kappa shape index (κ2) is 20.0. The molecule has 1 unspecified atom stereocenters. The molecule has 1 atom stereocenters. The zero-order valence-corrected chi connectivity index (χ0v) is 26.8. The fourth-order valence-electron chi connectivity index (χ4n) is 2.18. The van der Waals surface area contributed by atoms with Crippen molar-refractivity contribution in [2.75, 3.05) is 40.2 Å². The predicted octanol–water partition coefficient (Wildman–Crippen LogP) is 0.658. The van der Waals surface area contributed by atoms with Gasteiger partial charge < -0.3 is 37.0 Å². The molecule has 0 bridgehead atoms. The maximum atomic E-state index is 11.5. The van der Waals surface area contributed by atoms with Gasteiger partial charge in [0.25, 0.3) is 0 Å². The van der Waals surface area contributed by atoms with Gasteiger partial charge in [-0.25, -0.2) is 0 Å². The van der Waals surface area contributed by atoms with Crippen LogP contribution >= 0.6 is 10.9 Å². The van der Waals surface area contributed by atoms with E-state index in [2.05, 4.69) is 5.32 Å². The van der Waals surface area contributed by atoms with Crippen LogP contribution in [0.15, 0.2) is 0 Å². The van der Waals surface area contributed by atoms with Crippen molar-refractivity contribution in [2.45, 2.75) is 66.3 Å². The smallest absolute Gasteiger partial charge is 0.773 e. The largest absolute Gasteiger partial charge is 1.00 e. The van der Waals surface area contributed by atoms with Crippen LogP contribution in [-0.4, -0.2) is 74.6 Å². The van der Waals surface area contributed by atoms with Crippen LogP contribution in [0, 0.1) is 11.3 Å². The molecule has 0 aromatic carbocycles. The Morgan fingerprint density at radius 1 is 1.09 bits per heavy atom. The van der Waals surface area contributed by atoms with Crippen molar-refractivity contribution < 1.29 is 92.6 Å². The molecule has 0 aliphatic heterocycles. The fraction of sp³-hybridized carbons (Fsp3) is 0.900. The van der Waals surface area contributed by atoms with Gasteiger partial charge in [0, 0.05) is 45.6 Å². The molecule has 0 spiro atoms. The van der Waals surface area contributed by atoms with Crippen LogP contribution in [0.5, 0.6) is 0 Å². The molecule has 0 aliphatic carbocycles. The molecule has 0 aliphatic rings. The summed E-state index contributed by atoms with van der Waals surface area (Å²) in [6, 6.07) is 0.706. The van der Waals surface area contributed by atoms with E-state index in [0.717, 1.165) is 12.8 Å². The first-order chi connectivity index (χ1) is 14.7. The van der Waals surface area contributed by atoms with Gasteiger partial charge >= 0.3 is 66.2 Å². The van der Waals surface area contributed by atoms with Gasteiger partial charge in [0.05, 0.1) is 12.0 Å². The summed E-state index contributed by atoms with van der Waals surface area (Å²) in [7, 11) is -1.40. The molecule has 194 valence electrons. The van der Waals surface area contributed by atoms with E-state index >= 15 is 0 Å². The minimum absolute atomic E-state index is 0. The monoisotopic (exact) mass is 541 g/mol. The van der Waals surface area contributed by atoms with E-state index in [4.69, 9.17) is 27.1 Å². The van der Waals surface area contributed by atoms with Gasteiger partial charge in [0.1, 0.15) is 0 Å². The molecule has 0 aromatic rings. The van der Waals surface area contributed by atoms with Crippen molar-refractivity contribution >= 4 is 31.6 Å². The summed E-state index contributed by atoms with van der Waals surface area (Å²) in [5.74, 6) is -0.420. The van der Waals surface area contributed by atoms with Crippen molar-refractivity contribution in [1.29, 1.82) is 0 Å². The van der Waals surface area contributed by atoms with E-state index < -0.39 is 25.1 Å². The predicted molar refractivity (Wildman–Crippen MR) is 127 cm³/mol. The Morgan fingerprint density at radius 3 is 2.00 bits per heavy atom. The van der Waals surface area contributed by atoms with E-state index in [9.17, 15) is 14.1 Å². The number of carbonyl (C=O) groups excluding carboxylic acids is 2. The van der Waals surface area contributed by atoms with Crippen LogP contribution in [0.1, 0.15) is 60.3 Å². The number of amides is 1. The van der Waals surface area contributed by atoms with E-state index in [0.29, 0.717) is 19.0 Å². The van der Waals surface area contributed by atoms with Crippen LogP contribution in [0.4, 0.5) is 0 Å². The number of esters is 1. The first-order valence-electron chi connectivity index (χ1n) is 10.8. The van der Waals surface area contributed by atoms with Gasteiger partial charge in [-0.1, -0.05) is 20.8 Å². The van der Waals surface area contributed by atoms with Gasteiger partial charge in [-0.3, -0.25) is 9.59 Å². The molecule has 10 nitrogen and oxygen atoms in total. The number of carbonyl (C=O) groups is 2. The Labute approximate surface area is 245 Å². The van der Waals surface area contributed by atoms with E-state index in [1.165, 1.54) is 0 Å². The third kappa shape index (κ3) is 18.8. The van der Waals surface area contributed by atoms with Crippen LogP contribution < -0.4 is 56.7 Å². The van der Waals surface area contributed by atoms with Crippen LogP contribution in [-0.2, 0) is 27.6 Å². The van der Waals surface area contributed by atoms with Crippen LogP contribution in [0.25, 0.3) is 0 Å². The third-order valence-electron chi connectivity index (χ3n) is 5.18. The number of nitrogens with one attached hydrogen (secondary N) is 1. The first-order valence-corrected chi connectivity index (χ1v) is 14.4. The van der Waals surface area contributed by atoms with Crippen molar-refractivity contribution in [3.63, 3.8) is 0 Å². The van der Waals surface area contributed by atoms with Crippen molar-refractivity contribution in [2.24, 2.45) is 11.3 Å². The molecule has 0 aromatic heterocycles. The molecular weight excluding hydrogens is 497 g/mol. The second-order valence-electron chi connectivity index (χ2n) is 8.04. The number of rotatable bonds is 15. The zero-order valence-electron chi connectivity index (χ0n) is 21.9. The summed E-state index contributed by atoms with van der Waals surface area (Å²) in [5.41, 5.74) is -0.528. The summed E-state index contributed by atoms with van der Waals surface area (Å²) < 4.78 is 48.3. The second-order valence-corrected chi connectivity index (χ2v) is 12.7. The Bertz CT molecular complexity index is 524. The summed E-state index contributed by atoms with van der Waals surface area (Å²) in [6.07, 6.45) is 2.50. The minimum Gasteiger partial charge on any atom is -0.773 e. The maximum absolute atomic E-state index is 11.5. The number of ether oxygens (including phenoxy) is 1. The molecule has 0 radical (unpaired) electrons. The molecule has 0 rings (SSSR count). The van der Waals surface area contributed by atoms with Crippen LogP contribution in [0.3, 0.4) is 0 Å². The van der Waals surface area contributed by atoms with E-state index in [1.807, 2.05) is 20.8 Å². The normalized spacial score (nSPS) is 13.2. The number of hydrogen-bond acceptors (Lipinski definition) is 9. The quantitative estimate of drug-likeness (QED) is 0.154. The molecule has 0 heterocycles. The molecule has 0 saturated heterocycles. The summed E-state index contributed by atoms with van der Waals surface area (Å²) in [5, 5.41) is 2.89. The Balaban J connectivity index is -0.000000533. The average Bonchev–Trinajstić information content (AvgIpc) is 2.76. The van der Waals surface area contributed by atoms with E-state index in [-0.39, 0.29) is 88.0 Å². The maximum Gasteiger partial charge on any atom is 1.00 e. The molecule has 33 heavy (non-hydrogen) atoms. The SMILES string of the molecule is CCC(C)(C)C(=O)OCCCS([O-])(O)O.CCC(C)C(=O)NCCC[Si](OC)(OC)OC.[K+]. The standard InChI is InChI=1S/C11H25NO4Si.C9H20O5S.K/c1-6-10(2)11(13)12-8-7-9-17(14-3,15-4)16-5;1-4-9(2,3)8(10)14-6-5-7-15(11,12)13;/h10H,6-9H2,1-5H3,(H,12,13);11-13H,4-7H2,1-3H3;/q;;+1/p-1. The molecule has 0 saturated carbocycles. The first kappa shape index (κ1) is 38.4. The average molecular weight is 542 g/mol. The Kier molecular flexibility index (Phi) is 23.3. The fourth-order valence-corrected chi connectivity index (χ4v) is 4.40. The van der Waals surface area contributed by atoms with Gasteiger partial charge in [-0.2, -0.15) is 0 Å². The molecule has 13 heteroatoms. The summed E-state index contributed by atoms with van der Waals surface area (Å²) in [6.45, 7) is 10.0. The van der Waals surface area contributed by atoms with Gasteiger partial charge in [0.2, 0.25) is 5.91 Å². The van der Waals surface area contributed by atoms with E-state index in [1.54, 1.807) is 35.2 Å². The van der Waals surface area contributed by atoms with Gasteiger partial charge in [-0.15, -0.1) is 10.9 Å². The van der Waals surface area contributed by atoms with Crippen molar-refractivity contribution in [1.82, 2.24) is 5.32 Å². The van der Waals surface area contributed by atoms with Gasteiger partial charge in [0.15, 0.2) is 0 Å². The van der Waals surface area contributed by atoms with Crippen molar-refractivity contribution in [3.8, 4) is 0 Å². The van der Waals surface area contributed by atoms with Crippen molar-refractivity contribution in [3.05, 3.63) is 0 Å². The number of hydrogen-bond donors (Lipinski definition) is 3. The minimum atomic E-state index is -3.70. The topological polar surface area (TPSA) is 147 Å². The Hall–Kier alpha value is 0.903. The molecule has 1 amide bonds. The third-order valence-corrected chi connectivity index (χ3v) is 8.83. The van der Waals surface area contributed by atoms with Crippen LogP contribution in [0.2, 0.25) is 6.04 Å². The zero-order chi connectivity index (χ0) is 25.4. The summed E-state index contributed by atoms with van der Waals surface area (Å²) in [4.78, 5) is 22.9. The molecule has 3 N–H and O–H groups in total. The van der Waals surface area contributed by atoms with Gasteiger partial charge in [-0.05, 0) is 39.5 Å². The Morgan fingerprint density at radius 2 is 1.61 bits per heavy atom. The molecule has 0 fully saturated rings.